The molecular formula is C26H32N4O5S3. The van der Waals surface area contributed by atoms with Crippen LogP contribution in [0.5, 0.6) is 0 Å². The number of hydrogen-bond acceptors (Lipinski definition) is 9. The summed E-state index contributed by atoms with van der Waals surface area (Å²) in [6, 6.07) is 17.9. The number of tetrazole rings is 1. The molecule has 0 aliphatic rings. The molecule has 38 heavy (non-hydrogen) atoms. The minimum absolute atomic E-state index is 0.0313. The number of hydrogen-bond donors (Lipinski definition) is 3. The molecule has 1 aromatic heterocycles. The lowest BCUT2D eigenvalue weighted by Crippen LogP contribution is -2.26. The van der Waals surface area contributed by atoms with Gasteiger partial charge in [-0.25, -0.2) is 9.48 Å². The van der Waals surface area contributed by atoms with Gasteiger partial charge in [0.1, 0.15) is 0 Å². The molecule has 2 unspecified atom stereocenters. The zero-order valence-corrected chi connectivity index (χ0v) is 23.3. The lowest BCUT2D eigenvalue weighted by molar-refractivity contribution is -0.146. The van der Waals surface area contributed by atoms with Crippen LogP contribution in [0.2, 0.25) is 0 Å². The third kappa shape index (κ3) is 9.97. The number of rotatable bonds is 18. The van der Waals surface area contributed by atoms with Crippen LogP contribution in [-0.4, -0.2) is 65.1 Å². The van der Waals surface area contributed by atoms with Crippen molar-refractivity contribution in [2.24, 2.45) is 0 Å². The van der Waals surface area contributed by atoms with Crippen LogP contribution in [-0.2, 0) is 16.1 Å². The van der Waals surface area contributed by atoms with E-state index < -0.39 is 23.3 Å². The maximum atomic E-state index is 11.8. The highest BCUT2D eigenvalue weighted by atomic mass is 32.2. The Labute approximate surface area is 234 Å². The number of aryl methyl sites for hydroxylation is 1. The van der Waals surface area contributed by atoms with Crippen molar-refractivity contribution in [3.63, 3.8) is 0 Å². The Morgan fingerprint density at radius 2 is 1.55 bits per heavy atom. The van der Waals surface area contributed by atoms with E-state index in [1.165, 1.54) is 9.58 Å². The molecule has 2 aromatic carbocycles. The number of carbonyl (C=O) groups is 2. The molecule has 0 radical (unpaired) electrons. The Balaban J connectivity index is 1.55. The predicted molar refractivity (Wildman–Crippen MR) is 150 cm³/mol. The van der Waals surface area contributed by atoms with E-state index in [0.717, 1.165) is 53.8 Å². The highest BCUT2D eigenvalue weighted by Gasteiger charge is 2.32. The molecule has 3 aromatic rings. The van der Waals surface area contributed by atoms with Gasteiger partial charge in [-0.05, 0) is 65.0 Å². The van der Waals surface area contributed by atoms with Crippen LogP contribution in [0.15, 0.2) is 69.5 Å². The van der Waals surface area contributed by atoms with Gasteiger partial charge in [-0.15, -0.1) is 28.6 Å². The molecule has 0 aliphatic carbocycles. The van der Waals surface area contributed by atoms with Crippen molar-refractivity contribution in [3.8, 4) is 0 Å². The number of thioether (sulfide) groups is 3. The predicted octanol–water partition coefficient (Wildman–Crippen LogP) is 5.26. The van der Waals surface area contributed by atoms with Crippen molar-refractivity contribution in [2.45, 2.75) is 71.4 Å². The van der Waals surface area contributed by atoms with Gasteiger partial charge in [-0.1, -0.05) is 61.0 Å². The molecule has 0 saturated carbocycles. The average molecular weight is 577 g/mol. The van der Waals surface area contributed by atoms with Crippen molar-refractivity contribution >= 4 is 47.2 Å². The Morgan fingerprint density at radius 1 is 0.868 bits per heavy atom. The molecule has 0 fully saturated rings. The van der Waals surface area contributed by atoms with Crippen molar-refractivity contribution in [1.29, 1.82) is 0 Å². The minimum Gasteiger partial charge on any atom is -0.481 e. The summed E-state index contributed by atoms with van der Waals surface area (Å²) in [6.07, 6.45) is 3.09. The van der Waals surface area contributed by atoms with Gasteiger partial charge in [-0.3, -0.25) is 4.79 Å². The van der Waals surface area contributed by atoms with Gasteiger partial charge in [-0.2, -0.15) is 0 Å². The van der Waals surface area contributed by atoms with E-state index >= 15 is 0 Å². The summed E-state index contributed by atoms with van der Waals surface area (Å²) in [4.78, 5) is 24.8. The third-order valence-electron chi connectivity index (χ3n) is 5.57. The number of carboxylic acid groups (broad SMARTS) is 2. The van der Waals surface area contributed by atoms with Crippen molar-refractivity contribution in [1.82, 2.24) is 20.2 Å². The number of benzene rings is 2. The largest absolute Gasteiger partial charge is 0.481 e. The summed E-state index contributed by atoms with van der Waals surface area (Å²) in [6.45, 7) is 0.276. The first-order valence-corrected chi connectivity index (χ1v) is 15.3. The molecule has 204 valence electrons. The van der Waals surface area contributed by atoms with Gasteiger partial charge in [0.2, 0.25) is 5.16 Å². The molecule has 0 amide bonds. The summed E-state index contributed by atoms with van der Waals surface area (Å²) in [5.74, 6) is -0.262. The molecule has 12 heteroatoms. The number of aliphatic hydroxyl groups is 1. The molecule has 2 atom stereocenters. The smallest absolute Gasteiger partial charge is 0.334 e. The van der Waals surface area contributed by atoms with Crippen molar-refractivity contribution < 1.29 is 24.9 Å². The first-order valence-electron chi connectivity index (χ1n) is 12.4. The van der Waals surface area contributed by atoms with Gasteiger partial charge in [0.25, 0.3) is 0 Å². The number of unbranched alkanes of at least 4 members (excludes halogenated alkanes) is 3. The molecule has 3 rings (SSSR count). The average Bonchev–Trinajstić information content (AvgIpc) is 3.36. The Kier molecular flexibility index (Phi) is 13.0. The van der Waals surface area contributed by atoms with Crippen LogP contribution < -0.4 is 0 Å². The van der Waals surface area contributed by atoms with Crippen LogP contribution in [0.3, 0.4) is 0 Å². The molecule has 0 spiro atoms. The summed E-state index contributed by atoms with van der Waals surface area (Å²) >= 11 is 4.60. The number of nitrogens with zero attached hydrogens (tertiary/aromatic N) is 4. The molecule has 3 N–H and O–H groups in total. The highest BCUT2D eigenvalue weighted by Crippen LogP contribution is 2.41. The summed E-state index contributed by atoms with van der Waals surface area (Å²) in [5, 5.41) is 40.1. The topological polar surface area (TPSA) is 138 Å². The molecule has 0 saturated heterocycles. The first kappa shape index (κ1) is 30.0. The van der Waals surface area contributed by atoms with E-state index in [4.69, 9.17) is 5.11 Å². The monoisotopic (exact) mass is 576 g/mol. The normalized spacial score (nSPS) is 12.8. The zero-order chi connectivity index (χ0) is 27.2. The van der Waals surface area contributed by atoms with Crippen LogP contribution >= 0.6 is 35.3 Å². The zero-order valence-electron chi connectivity index (χ0n) is 20.9. The fourth-order valence-electron chi connectivity index (χ4n) is 3.64. The van der Waals surface area contributed by atoms with Gasteiger partial charge >= 0.3 is 11.9 Å². The minimum atomic E-state index is -1.67. The summed E-state index contributed by atoms with van der Waals surface area (Å²) in [5.41, 5.74) is 0.705. The molecule has 0 aliphatic heterocycles. The Bertz CT molecular complexity index is 1150. The fraction of sp³-hybridized carbons (Fsp3) is 0.423. The Morgan fingerprint density at radius 3 is 2.26 bits per heavy atom. The van der Waals surface area contributed by atoms with Crippen LogP contribution in [0.1, 0.15) is 49.3 Å². The molecule has 0 bridgehead atoms. The van der Waals surface area contributed by atoms with E-state index in [-0.39, 0.29) is 13.0 Å². The molecule has 9 nitrogen and oxygen atoms in total. The van der Waals surface area contributed by atoms with E-state index in [1.807, 2.05) is 42.1 Å². The second-order valence-corrected chi connectivity index (χ2v) is 11.9. The number of aliphatic hydroxyl groups excluding tert-OH is 1. The van der Waals surface area contributed by atoms with Crippen LogP contribution in [0.4, 0.5) is 0 Å². The van der Waals surface area contributed by atoms with Gasteiger partial charge < -0.3 is 15.3 Å². The highest BCUT2D eigenvalue weighted by molar-refractivity contribution is 8.00. The number of aromatic nitrogens is 4. The number of aliphatic carboxylic acids is 2. The standard InChI is InChI=1S/C26H32N4O5S3/c31-22(32)15-10-16-30-26(27-28-29-30)38-24(23(33)25(34)35)20-13-6-7-14-21(20)37-18-9-2-1-8-17-36-19-11-4-3-5-12-19/h3-7,11-14,23-24,33H,1-2,8-10,15-18H2,(H,31,32)(H,34,35). The van der Waals surface area contributed by atoms with Crippen molar-refractivity contribution in [2.75, 3.05) is 11.5 Å². The lowest BCUT2D eigenvalue weighted by Gasteiger charge is -2.22. The molecular weight excluding hydrogens is 545 g/mol. The lowest BCUT2D eigenvalue weighted by atomic mass is 10.1. The summed E-state index contributed by atoms with van der Waals surface area (Å²) < 4.78 is 1.45. The SMILES string of the molecule is O=C(O)CCCn1nnnc1SC(c1ccccc1SCCCCCCSc1ccccc1)C(O)C(=O)O. The van der Waals surface area contributed by atoms with Crippen molar-refractivity contribution in [3.05, 3.63) is 60.2 Å². The first-order chi connectivity index (χ1) is 18.5. The third-order valence-corrected chi connectivity index (χ3v) is 9.11. The van der Waals surface area contributed by atoms with Gasteiger partial charge in [0, 0.05) is 22.8 Å². The second-order valence-electron chi connectivity index (χ2n) is 8.47. The van der Waals surface area contributed by atoms with E-state index in [0.29, 0.717) is 17.1 Å². The fourth-order valence-corrected chi connectivity index (χ4v) is 6.89. The van der Waals surface area contributed by atoms with Crippen LogP contribution in [0.25, 0.3) is 0 Å². The quantitative estimate of drug-likeness (QED) is 0.135. The maximum absolute atomic E-state index is 11.8. The summed E-state index contributed by atoms with van der Waals surface area (Å²) in [7, 11) is 0. The second kappa shape index (κ2) is 16.4. The van der Waals surface area contributed by atoms with E-state index in [1.54, 1.807) is 11.8 Å². The van der Waals surface area contributed by atoms with E-state index in [2.05, 4.69) is 39.8 Å². The van der Waals surface area contributed by atoms with Gasteiger partial charge in [0.05, 0.1) is 5.25 Å². The van der Waals surface area contributed by atoms with Crippen LogP contribution in [0, 0.1) is 0 Å². The number of carboxylic acids is 2. The Hall–Kier alpha value is -2.54. The van der Waals surface area contributed by atoms with E-state index in [9.17, 15) is 19.8 Å². The molecule has 1 heterocycles. The maximum Gasteiger partial charge on any atom is 0.334 e. The van der Waals surface area contributed by atoms with Gasteiger partial charge in [0.15, 0.2) is 6.10 Å².